The molecule has 0 spiro atoms. The van der Waals surface area contributed by atoms with Gasteiger partial charge in [-0.25, -0.2) is 0 Å². The zero-order valence-corrected chi connectivity index (χ0v) is 5.69. The van der Waals surface area contributed by atoms with Crippen molar-refractivity contribution in [2.45, 2.75) is 20.8 Å². The van der Waals surface area contributed by atoms with Crippen LogP contribution in [0.4, 0.5) is 0 Å². The van der Waals surface area contributed by atoms with Crippen molar-refractivity contribution in [2.75, 3.05) is 6.61 Å². The number of rotatable bonds is 3. The lowest BCUT2D eigenvalue weighted by Gasteiger charge is -2.01. The van der Waals surface area contributed by atoms with Gasteiger partial charge in [-0.2, -0.15) is 0 Å². The van der Waals surface area contributed by atoms with Crippen molar-refractivity contribution in [2.24, 2.45) is 0 Å². The van der Waals surface area contributed by atoms with Crippen LogP contribution in [0.25, 0.3) is 0 Å². The van der Waals surface area contributed by atoms with E-state index in [-0.39, 0.29) is 0 Å². The van der Waals surface area contributed by atoms with Crippen LogP contribution >= 0.6 is 0 Å². The lowest BCUT2D eigenvalue weighted by molar-refractivity contribution is 0.0736. The SMILES string of the molecule is C/C=C(/C)NOCC. The first kappa shape index (κ1) is 7.50. The molecule has 2 nitrogen and oxygen atoms in total. The minimum atomic E-state index is 0.700. The molecule has 0 aromatic carbocycles. The van der Waals surface area contributed by atoms with E-state index in [1.54, 1.807) is 0 Å². The molecule has 0 aliphatic heterocycles. The molecule has 0 radical (unpaired) electrons. The molecule has 0 saturated carbocycles. The van der Waals surface area contributed by atoms with Crippen molar-refractivity contribution < 1.29 is 4.84 Å². The normalized spacial score (nSPS) is 11.6. The summed E-state index contributed by atoms with van der Waals surface area (Å²) >= 11 is 0. The second kappa shape index (κ2) is 4.65. The first-order valence-corrected chi connectivity index (χ1v) is 2.82. The Morgan fingerprint density at radius 1 is 1.75 bits per heavy atom. The summed E-state index contributed by atoms with van der Waals surface area (Å²) in [5, 5.41) is 0. The third-order valence-electron chi connectivity index (χ3n) is 0.811. The van der Waals surface area contributed by atoms with E-state index in [1.807, 2.05) is 26.8 Å². The summed E-state index contributed by atoms with van der Waals surface area (Å²) in [7, 11) is 0. The maximum absolute atomic E-state index is 4.87. The van der Waals surface area contributed by atoms with Crippen LogP contribution in [-0.4, -0.2) is 6.61 Å². The molecule has 2 heteroatoms. The Morgan fingerprint density at radius 2 is 2.38 bits per heavy atom. The molecule has 8 heavy (non-hydrogen) atoms. The maximum atomic E-state index is 4.87. The molecule has 0 aromatic heterocycles. The van der Waals surface area contributed by atoms with E-state index in [2.05, 4.69) is 5.48 Å². The van der Waals surface area contributed by atoms with Crippen LogP contribution in [0, 0.1) is 0 Å². The largest absolute Gasteiger partial charge is 0.277 e. The lowest BCUT2D eigenvalue weighted by atomic mass is 10.5. The van der Waals surface area contributed by atoms with Crippen molar-refractivity contribution in [1.29, 1.82) is 0 Å². The zero-order chi connectivity index (χ0) is 6.41. The van der Waals surface area contributed by atoms with Crippen LogP contribution in [-0.2, 0) is 4.84 Å². The van der Waals surface area contributed by atoms with Gasteiger partial charge < -0.3 is 0 Å². The van der Waals surface area contributed by atoms with Gasteiger partial charge >= 0.3 is 0 Å². The highest BCUT2D eigenvalue weighted by atomic mass is 16.6. The van der Waals surface area contributed by atoms with Crippen LogP contribution in [0.2, 0.25) is 0 Å². The van der Waals surface area contributed by atoms with E-state index in [0.29, 0.717) is 6.61 Å². The summed E-state index contributed by atoms with van der Waals surface area (Å²) in [5.74, 6) is 0. The number of hydroxylamine groups is 1. The van der Waals surface area contributed by atoms with Gasteiger partial charge in [-0.1, -0.05) is 6.08 Å². The quantitative estimate of drug-likeness (QED) is 0.562. The fourth-order valence-electron chi connectivity index (χ4n) is 0.245. The van der Waals surface area contributed by atoms with E-state index >= 15 is 0 Å². The minimum absolute atomic E-state index is 0.700. The summed E-state index contributed by atoms with van der Waals surface area (Å²) < 4.78 is 0. The predicted molar refractivity (Wildman–Crippen MR) is 34.2 cm³/mol. The molecule has 0 bridgehead atoms. The minimum Gasteiger partial charge on any atom is -0.277 e. The highest BCUT2D eigenvalue weighted by Gasteiger charge is 1.79. The summed E-state index contributed by atoms with van der Waals surface area (Å²) in [6.07, 6.45) is 1.95. The molecule has 0 amide bonds. The van der Waals surface area contributed by atoms with Crippen LogP contribution in [0.5, 0.6) is 0 Å². The van der Waals surface area contributed by atoms with E-state index < -0.39 is 0 Å². The topological polar surface area (TPSA) is 21.3 Å². The predicted octanol–water partition coefficient (Wildman–Crippen LogP) is 1.45. The molecule has 48 valence electrons. The highest BCUT2D eigenvalue weighted by molar-refractivity contribution is 4.88. The first-order chi connectivity index (χ1) is 3.81. The molecule has 0 aliphatic rings. The standard InChI is InChI=1S/C6H13NO/c1-4-6(3)7-8-5-2/h4,7H,5H2,1-3H3/b6-4-. The van der Waals surface area contributed by atoms with E-state index in [1.165, 1.54) is 0 Å². The molecule has 0 unspecified atom stereocenters. The Hall–Kier alpha value is -0.500. The third kappa shape index (κ3) is 3.68. The molecule has 1 N–H and O–H groups in total. The van der Waals surface area contributed by atoms with Gasteiger partial charge in [0.25, 0.3) is 0 Å². The molecular formula is C6H13NO. The summed E-state index contributed by atoms with van der Waals surface area (Å²) in [5.41, 5.74) is 3.79. The smallest absolute Gasteiger partial charge is 0.0717 e. The Balaban J connectivity index is 3.12. The van der Waals surface area contributed by atoms with Crippen molar-refractivity contribution >= 4 is 0 Å². The molecular weight excluding hydrogens is 102 g/mol. The fraction of sp³-hybridized carbons (Fsp3) is 0.667. The van der Waals surface area contributed by atoms with Gasteiger partial charge in [0.15, 0.2) is 0 Å². The average molecular weight is 115 g/mol. The molecule has 0 aliphatic carbocycles. The summed E-state index contributed by atoms with van der Waals surface area (Å²) in [4.78, 5) is 4.87. The van der Waals surface area contributed by atoms with E-state index in [4.69, 9.17) is 4.84 Å². The van der Waals surface area contributed by atoms with Gasteiger partial charge in [-0.05, 0) is 20.8 Å². The van der Waals surface area contributed by atoms with E-state index in [9.17, 15) is 0 Å². The van der Waals surface area contributed by atoms with Gasteiger partial charge in [0.05, 0.1) is 6.61 Å². The molecule has 0 rings (SSSR count). The number of hydrogen-bond donors (Lipinski definition) is 1. The number of nitrogens with one attached hydrogen (secondary N) is 1. The van der Waals surface area contributed by atoms with Crippen LogP contribution in [0.3, 0.4) is 0 Å². The average Bonchev–Trinajstić information content (AvgIpc) is 1.83. The van der Waals surface area contributed by atoms with Gasteiger partial charge in [-0.3, -0.25) is 10.3 Å². The maximum Gasteiger partial charge on any atom is 0.0717 e. The highest BCUT2D eigenvalue weighted by Crippen LogP contribution is 1.82. The van der Waals surface area contributed by atoms with Crippen molar-refractivity contribution in [3.05, 3.63) is 11.8 Å². The van der Waals surface area contributed by atoms with Gasteiger partial charge in [0.2, 0.25) is 0 Å². The van der Waals surface area contributed by atoms with Gasteiger partial charge in [0.1, 0.15) is 0 Å². The lowest BCUT2D eigenvalue weighted by Crippen LogP contribution is -2.10. The van der Waals surface area contributed by atoms with E-state index in [0.717, 1.165) is 5.70 Å². The second-order valence-corrected chi connectivity index (χ2v) is 1.51. The van der Waals surface area contributed by atoms with Crippen LogP contribution in [0.1, 0.15) is 20.8 Å². The Kier molecular flexibility index (Phi) is 4.36. The fourth-order valence-corrected chi connectivity index (χ4v) is 0.245. The third-order valence-corrected chi connectivity index (χ3v) is 0.811. The van der Waals surface area contributed by atoms with Crippen LogP contribution < -0.4 is 5.48 Å². The molecule has 0 atom stereocenters. The monoisotopic (exact) mass is 115 g/mol. The molecule has 0 saturated heterocycles. The first-order valence-electron chi connectivity index (χ1n) is 2.82. The Labute approximate surface area is 50.5 Å². The van der Waals surface area contributed by atoms with Gasteiger partial charge in [-0.15, -0.1) is 0 Å². The zero-order valence-electron chi connectivity index (χ0n) is 5.69. The Morgan fingerprint density at radius 3 is 2.75 bits per heavy atom. The number of allylic oxidation sites excluding steroid dienone is 2. The van der Waals surface area contributed by atoms with Crippen molar-refractivity contribution in [3.8, 4) is 0 Å². The number of hydrogen-bond acceptors (Lipinski definition) is 2. The Bertz CT molecular complexity index is 78.6. The van der Waals surface area contributed by atoms with Crippen LogP contribution in [0.15, 0.2) is 11.8 Å². The van der Waals surface area contributed by atoms with Gasteiger partial charge in [0, 0.05) is 5.70 Å². The second-order valence-electron chi connectivity index (χ2n) is 1.51. The van der Waals surface area contributed by atoms with Crippen molar-refractivity contribution in [3.63, 3.8) is 0 Å². The molecule has 0 heterocycles. The molecule has 0 fully saturated rings. The molecule has 0 aromatic rings. The van der Waals surface area contributed by atoms with Crippen molar-refractivity contribution in [1.82, 2.24) is 5.48 Å². The summed E-state index contributed by atoms with van der Waals surface area (Å²) in [6, 6.07) is 0. The summed E-state index contributed by atoms with van der Waals surface area (Å²) in [6.45, 7) is 6.55.